The molecule has 2 aromatic heterocycles. The molecule has 1 saturated heterocycles. The number of halogens is 1. The van der Waals surface area contributed by atoms with Crippen molar-refractivity contribution in [3.63, 3.8) is 0 Å². The van der Waals surface area contributed by atoms with E-state index in [0.29, 0.717) is 31.0 Å². The lowest BCUT2D eigenvalue weighted by Crippen LogP contribution is -2.25. The van der Waals surface area contributed by atoms with Gasteiger partial charge in [-0.25, -0.2) is 14.2 Å². The number of aryl methyl sites for hydroxylation is 4. The summed E-state index contributed by atoms with van der Waals surface area (Å²) in [6, 6.07) is 3.36. The summed E-state index contributed by atoms with van der Waals surface area (Å²) in [4.78, 5) is 40.7. The molecule has 184 valence electrons. The quantitative estimate of drug-likeness (QED) is 0.362. The van der Waals surface area contributed by atoms with Gasteiger partial charge in [-0.1, -0.05) is 17.7 Å². The van der Waals surface area contributed by atoms with E-state index in [-0.39, 0.29) is 39.4 Å². The highest BCUT2D eigenvalue weighted by Crippen LogP contribution is 2.37. The molecule has 4 rings (SSSR count). The zero-order chi connectivity index (χ0) is 25.4. The van der Waals surface area contributed by atoms with E-state index in [9.17, 15) is 14.4 Å². The van der Waals surface area contributed by atoms with Crippen LogP contribution in [0.1, 0.15) is 57.3 Å². The van der Waals surface area contributed by atoms with E-state index >= 15 is 0 Å². The molecule has 35 heavy (non-hydrogen) atoms. The van der Waals surface area contributed by atoms with E-state index in [1.807, 2.05) is 6.92 Å². The molecule has 0 unspecified atom stereocenters. The molecule has 3 heterocycles. The van der Waals surface area contributed by atoms with Crippen LogP contribution in [0.5, 0.6) is 11.8 Å². The van der Waals surface area contributed by atoms with Crippen molar-refractivity contribution in [1.29, 1.82) is 0 Å². The number of ketones is 1. The van der Waals surface area contributed by atoms with Crippen molar-refractivity contribution in [1.82, 2.24) is 19.6 Å². The Balaban J connectivity index is 1.73. The van der Waals surface area contributed by atoms with Crippen LogP contribution in [0.25, 0.3) is 0 Å². The molecule has 10 nitrogen and oxygen atoms in total. The zero-order valence-electron chi connectivity index (χ0n) is 20.2. The predicted octanol–water partition coefficient (Wildman–Crippen LogP) is 3.40. The van der Waals surface area contributed by atoms with Crippen molar-refractivity contribution in [3.05, 3.63) is 51.3 Å². The Bertz CT molecular complexity index is 1340. The second kappa shape index (κ2) is 9.53. The monoisotopic (exact) mass is 499 g/mol. The number of amides is 1. The van der Waals surface area contributed by atoms with Crippen molar-refractivity contribution < 1.29 is 23.9 Å². The van der Waals surface area contributed by atoms with Crippen LogP contribution in [0.4, 0.5) is 5.69 Å². The molecule has 0 atom stereocenters. The van der Waals surface area contributed by atoms with Crippen LogP contribution in [0.15, 0.2) is 18.3 Å². The van der Waals surface area contributed by atoms with Gasteiger partial charge in [0, 0.05) is 32.6 Å². The topological polar surface area (TPSA) is 109 Å². The van der Waals surface area contributed by atoms with Gasteiger partial charge in [-0.2, -0.15) is 10.2 Å². The number of benzene rings is 1. The number of ether oxygens (including phenoxy) is 2. The fraction of sp³-hybridized carbons (Fsp3) is 0.375. The van der Waals surface area contributed by atoms with Crippen LogP contribution in [0.3, 0.4) is 0 Å². The Morgan fingerprint density at radius 3 is 2.51 bits per heavy atom. The third-order valence-corrected chi connectivity index (χ3v) is 6.26. The third kappa shape index (κ3) is 4.29. The highest BCUT2D eigenvalue weighted by Gasteiger charge is 2.31. The summed E-state index contributed by atoms with van der Waals surface area (Å²) in [5.74, 6) is -1.01. The van der Waals surface area contributed by atoms with Crippen molar-refractivity contribution in [3.8, 4) is 11.8 Å². The van der Waals surface area contributed by atoms with Crippen molar-refractivity contribution in [2.75, 3.05) is 18.1 Å². The van der Waals surface area contributed by atoms with Crippen LogP contribution < -0.4 is 14.4 Å². The molecule has 1 aliphatic heterocycles. The van der Waals surface area contributed by atoms with Gasteiger partial charge >= 0.3 is 5.97 Å². The summed E-state index contributed by atoms with van der Waals surface area (Å²) in [5.41, 5.74) is 2.10. The van der Waals surface area contributed by atoms with E-state index in [4.69, 9.17) is 21.1 Å². The molecule has 1 amide bonds. The third-order valence-electron chi connectivity index (χ3n) is 5.88. The lowest BCUT2D eigenvalue weighted by Gasteiger charge is -2.21. The van der Waals surface area contributed by atoms with Gasteiger partial charge in [0.25, 0.3) is 0 Å². The van der Waals surface area contributed by atoms with E-state index in [1.165, 1.54) is 15.6 Å². The van der Waals surface area contributed by atoms with Gasteiger partial charge in [-0.05, 0) is 38.8 Å². The molecule has 0 N–H and O–H groups in total. The average molecular weight is 500 g/mol. The fourth-order valence-corrected chi connectivity index (χ4v) is 4.62. The molecular weight excluding hydrogens is 474 g/mol. The Kier molecular flexibility index (Phi) is 6.66. The van der Waals surface area contributed by atoms with Crippen molar-refractivity contribution in [2.24, 2.45) is 14.1 Å². The lowest BCUT2D eigenvalue weighted by molar-refractivity contribution is -0.117. The predicted molar refractivity (Wildman–Crippen MR) is 128 cm³/mol. The average Bonchev–Trinajstić information content (AvgIpc) is 3.46. The molecule has 0 bridgehead atoms. The first-order chi connectivity index (χ1) is 16.6. The van der Waals surface area contributed by atoms with Crippen LogP contribution >= 0.6 is 11.6 Å². The van der Waals surface area contributed by atoms with E-state index in [0.717, 1.165) is 12.0 Å². The molecule has 1 fully saturated rings. The number of anilines is 1. The van der Waals surface area contributed by atoms with E-state index in [2.05, 4.69) is 10.2 Å². The number of esters is 1. The molecule has 11 heteroatoms. The molecule has 1 aromatic carbocycles. The van der Waals surface area contributed by atoms with Gasteiger partial charge in [0.15, 0.2) is 0 Å². The molecular formula is C24H26ClN5O5. The minimum absolute atomic E-state index is 0.0285. The zero-order valence-corrected chi connectivity index (χ0v) is 21.0. The van der Waals surface area contributed by atoms with Crippen LogP contribution in [0.2, 0.25) is 5.02 Å². The Morgan fingerprint density at radius 2 is 1.86 bits per heavy atom. The highest BCUT2D eigenvalue weighted by atomic mass is 35.5. The van der Waals surface area contributed by atoms with Gasteiger partial charge in [0.2, 0.25) is 23.5 Å². The first kappa shape index (κ1) is 24.5. The number of nitrogens with zero attached hydrogens (tertiary/aromatic N) is 5. The largest absolute Gasteiger partial charge is 0.478 e. The van der Waals surface area contributed by atoms with Gasteiger partial charge in [-0.15, -0.1) is 0 Å². The fourth-order valence-electron chi connectivity index (χ4n) is 4.22. The summed E-state index contributed by atoms with van der Waals surface area (Å²) in [6.07, 6.45) is 2.51. The number of rotatable bonds is 7. The highest BCUT2D eigenvalue weighted by molar-refractivity contribution is 6.38. The number of carbonyl (C=O) groups excluding carboxylic acids is 3. The Labute approximate surface area is 207 Å². The maximum absolute atomic E-state index is 13.7. The minimum Gasteiger partial charge on any atom is -0.478 e. The summed E-state index contributed by atoms with van der Waals surface area (Å²) >= 11 is 6.70. The normalized spacial score (nSPS) is 13.4. The first-order valence-corrected chi connectivity index (χ1v) is 11.6. The summed E-state index contributed by atoms with van der Waals surface area (Å²) in [6.45, 7) is 6.15. The van der Waals surface area contributed by atoms with Crippen molar-refractivity contribution >= 4 is 34.9 Å². The number of aromatic nitrogens is 4. The number of carbonyl (C=O) groups is 3. The summed E-state index contributed by atoms with van der Waals surface area (Å²) in [5, 5.41) is 8.52. The molecule has 0 radical (unpaired) electrons. The number of hydrogen-bond donors (Lipinski definition) is 0. The first-order valence-electron chi connectivity index (χ1n) is 11.2. The lowest BCUT2D eigenvalue weighted by atomic mass is 10.0. The Morgan fingerprint density at radius 1 is 1.11 bits per heavy atom. The molecule has 0 spiro atoms. The van der Waals surface area contributed by atoms with E-state index in [1.54, 1.807) is 45.0 Å². The maximum Gasteiger partial charge on any atom is 0.352 e. The second-order valence-corrected chi connectivity index (χ2v) is 8.65. The van der Waals surface area contributed by atoms with Gasteiger partial charge < -0.3 is 14.4 Å². The summed E-state index contributed by atoms with van der Waals surface area (Å²) in [7, 11) is 3.22. The molecule has 0 saturated carbocycles. The molecule has 3 aromatic rings. The van der Waals surface area contributed by atoms with Gasteiger partial charge in [0.1, 0.15) is 11.1 Å². The maximum atomic E-state index is 13.7. The van der Waals surface area contributed by atoms with Gasteiger partial charge in [0.05, 0.1) is 29.2 Å². The van der Waals surface area contributed by atoms with Crippen LogP contribution in [-0.2, 0) is 18.9 Å². The minimum atomic E-state index is -0.739. The summed E-state index contributed by atoms with van der Waals surface area (Å²) < 4.78 is 13.9. The smallest absolute Gasteiger partial charge is 0.352 e. The molecule has 0 aliphatic carbocycles. The number of hydrogen-bond acceptors (Lipinski definition) is 7. The molecule has 1 aliphatic rings. The standard InChI is InChI=1S/C24H26ClN5O5/c1-6-34-22-16(12-26-28(22)4)24(33)35-23-18(14(3)27-29(23)5)21(32)15-10-9-13(2)20(19(15)25)30-11-7-8-17(30)31/h9-10,12H,6-8,11H2,1-5H3. The van der Waals surface area contributed by atoms with E-state index < -0.39 is 11.8 Å². The van der Waals surface area contributed by atoms with Crippen molar-refractivity contribution in [2.45, 2.75) is 33.6 Å². The van der Waals surface area contributed by atoms with Gasteiger partial charge in [-0.3, -0.25) is 9.59 Å². The SMILES string of the molecule is CCOc1c(C(=O)Oc2c(C(=O)c3ccc(C)c(N4CCCC4=O)c3Cl)c(C)nn2C)cnn1C. The van der Waals surface area contributed by atoms with Crippen LogP contribution in [-0.4, -0.2) is 50.4 Å². The van der Waals surface area contributed by atoms with Crippen LogP contribution in [0, 0.1) is 13.8 Å². The Hall–Kier alpha value is -3.66. The second-order valence-electron chi connectivity index (χ2n) is 8.27.